The molecule has 0 fully saturated rings. The van der Waals surface area contributed by atoms with Crippen LogP contribution in [0.3, 0.4) is 0 Å². The molecule has 132 valence electrons. The van der Waals surface area contributed by atoms with Gasteiger partial charge in [-0.05, 0) is 12.1 Å². The Hall–Kier alpha value is -3.56. The molecule has 3 heterocycles. The van der Waals surface area contributed by atoms with Crippen LogP contribution in [-0.2, 0) is 6.18 Å². The van der Waals surface area contributed by atoms with Gasteiger partial charge in [-0.3, -0.25) is 9.78 Å². The van der Waals surface area contributed by atoms with Crippen LogP contribution in [0.1, 0.15) is 16.2 Å². The summed E-state index contributed by atoms with van der Waals surface area (Å²) in [6.45, 7) is 0. The van der Waals surface area contributed by atoms with E-state index in [1.54, 1.807) is 0 Å². The number of nitrogens with zero attached hydrogens (tertiary/aromatic N) is 4. The first-order valence-electron chi connectivity index (χ1n) is 7.15. The van der Waals surface area contributed by atoms with Gasteiger partial charge in [0, 0.05) is 6.07 Å². The average Bonchev–Trinajstić information content (AvgIpc) is 2.62. The van der Waals surface area contributed by atoms with Crippen molar-refractivity contribution >= 4 is 11.6 Å². The largest absolute Gasteiger partial charge is 0.452 e. The Kier molecular flexibility index (Phi) is 4.74. The van der Waals surface area contributed by atoms with Gasteiger partial charge in [-0.25, -0.2) is 15.0 Å². The molecule has 0 aliphatic rings. The number of hydrogen-bond acceptors (Lipinski definition) is 6. The first kappa shape index (κ1) is 17.3. The molecule has 10 heteroatoms. The summed E-state index contributed by atoms with van der Waals surface area (Å²) in [4.78, 5) is 26.9. The number of carbonyl (C=O) groups is 1. The number of hydrogen-bond donors (Lipinski definition) is 1. The quantitative estimate of drug-likeness (QED) is 0.767. The van der Waals surface area contributed by atoms with Crippen molar-refractivity contribution in [1.29, 1.82) is 0 Å². The number of alkyl halides is 3. The number of halogens is 3. The molecule has 0 saturated heterocycles. The van der Waals surface area contributed by atoms with Crippen molar-refractivity contribution in [3.63, 3.8) is 0 Å². The lowest BCUT2D eigenvalue weighted by molar-refractivity contribution is -0.141. The van der Waals surface area contributed by atoms with E-state index in [0.717, 1.165) is 12.1 Å². The van der Waals surface area contributed by atoms with Crippen LogP contribution in [0.15, 0.2) is 55.4 Å². The van der Waals surface area contributed by atoms with Crippen LogP contribution >= 0.6 is 0 Å². The van der Waals surface area contributed by atoms with Crippen molar-refractivity contribution < 1.29 is 22.7 Å². The average molecular weight is 361 g/mol. The number of amides is 1. The van der Waals surface area contributed by atoms with Crippen molar-refractivity contribution in [1.82, 2.24) is 19.9 Å². The van der Waals surface area contributed by atoms with Crippen molar-refractivity contribution in [3.05, 3.63) is 66.8 Å². The zero-order chi connectivity index (χ0) is 18.6. The van der Waals surface area contributed by atoms with Crippen molar-refractivity contribution in [3.8, 4) is 11.5 Å². The number of pyridine rings is 2. The summed E-state index contributed by atoms with van der Waals surface area (Å²) < 4.78 is 43.5. The number of anilines is 1. The fourth-order valence-electron chi connectivity index (χ4n) is 1.93. The fraction of sp³-hybridized carbons (Fsp3) is 0.0625. The molecule has 0 saturated carbocycles. The van der Waals surface area contributed by atoms with Gasteiger partial charge in [-0.1, -0.05) is 6.07 Å². The first-order valence-corrected chi connectivity index (χ1v) is 7.15. The van der Waals surface area contributed by atoms with Gasteiger partial charge in [-0.2, -0.15) is 13.2 Å². The van der Waals surface area contributed by atoms with E-state index in [4.69, 9.17) is 4.74 Å². The Morgan fingerprint density at radius 1 is 1.00 bits per heavy atom. The molecule has 3 aromatic rings. The molecule has 26 heavy (non-hydrogen) atoms. The Labute approximate surface area is 144 Å². The van der Waals surface area contributed by atoms with Crippen LogP contribution in [0.25, 0.3) is 0 Å². The highest BCUT2D eigenvalue weighted by atomic mass is 19.4. The van der Waals surface area contributed by atoms with Gasteiger partial charge < -0.3 is 10.1 Å². The zero-order valence-corrected chi connectivity index (χ0v) is 12.9. The first-order chi connectivity index (χ1) is 12.4. The minimum Gasteiger partial charge on any atom is -0.452 e. The van der Waals surface area contributed by atoms with E-state index in [-0.39, 0.29) is 17.1 Å². The van der Waals surface area contributed by atoms with E-state index in [1.807, 2.05) is 0 Å². The molecule has 0 radical (unpaired) electrons. The highest BCUT2D eigenvalue weighted by molar-refractivity contribution is 6.02. The van der Waals surface area contributed by atoms with Gasteiger partial charge in [0.05, 0.1) is 30.5 Å². The predicted molar refractivity (Wildman–Crippen MR) is 83.5 cm³/mol. The summed E-state index contributed by atoms with van der Waals surface area (Å²) in [7, 11) is 0. The number of aromatic nitrogens is 4. The van der Waals surface area contributed by atoms with Gasteiger partial charge >= 0.3 is 6.18 Å². The molecule has 0 aliphatic heterocycles. The van der Waals surface area contributed by atoms with Crippen LogP contribution in [0, 0.1) is 0 Å². The van der Waals surface area contributed by atoms with Gasteiger partial charge in [0.25, 0.3) is 5.91 Å². The summed E-state index contributed by atoms with van der Waals surface area (Å²) in [6, 6.07) is 4.53. The zero-order valence-electron chi connectivity index (χ0n) is 12.9. The second kappa shape index (κ2) is 7.13. The minimum absolute atomic E-state index is 0.226. The van der Waals surface area contributed by atoms with Crippen LogP contribution in [0.2, 0.25) is 0 Å². The molecule has 0 bridgehead atoms. The standard InChI is InChI=1S/C16H10F3N5O2/c17-16(18,19)14-3-1-2-13(24-14)15(25)23-10-4-11(6-20-5-10)26-12-7-21-9-22-8-12/h1-9H,(H,23,25). The molecule has 3 rings (SSSR count). The lowest BCUT2D eigenvalue weighted by Gasteiger charge is -2.09. The van der Waals surface area contributed by atoms with Gasteiger partial charge in [0.15, 0.2) is 5.75 Å². The minimum atomic E-state index is -4.64. The number of rotatable bonds is 4. The fourth-order valence-corrected chi connectivity index (χ4v) is 1.93. The number of ether oxygens (including phenoxy) is 1. The Bertz CT molecular complexity index is 919. The van der Waals surface area contributed by atoms with E-state index >= 15 is 0 Å². The number of nitrogens with one attached hydrogen (secondary N) is 1. The lowest BCUT2D eigenvalue weighted by Crippen LogP contribution is -2.17. The molecular formula is C16H10F3N5O2. The SMILES string of the molecule is O=C(Nc1cncc(Oc2cncnc2)c1)c1cccc(C(F)(F)F)n1. The van der Waals surface area contributed by atoms with Gasteiger partial charge in [0.2, 0.25) is 0 Å². The van der Waals surface area contributed by atoms with E-state index in [1.165, 1.54) is 43.2 Å². The Morgan fingerprint density at radius 3 is 2.46 bits per heavy atom. The molecule has 0 aromatic carbocycles. The topological polar surface area (TPSA) is 89.9 Å². The smallest absolute Gasteiger partial charge is 0.433 e. The van der Waals surface area contributed by atoms with Gasteiger partial charge in [0.1, 0.15) is 23.5 Å². The molecule has 1 amide bonds. The van der Waals surface area contributed by atoms with Crippen LogP contribution < -0.4 is 10.1 Å². The second-order valence-electron chi connectivity index (χ2n) is 4.95. The maximum absolute atomic E-state index is 12.7. The van der Waals surface area contributed by atoms with Crippen molar-refractivity contribution in [2.75, 3.05) is 5.32 Å². The van der Waals surface area contributed by atoms with E-state index in [9.17, 15) is 18.0 Å². The van der Waals surface area contributed by atoms with Crippen molar-refractivity contribution in [2.24, 2.45) is 0 Å². The van der Waals surface area contributed by atoms with E-state index in [0.29, 0.717) is 5.75 Å². The molecule has 7 nitrogen and oxygen atoms in total. The molecule has 3 aromatic heterocycles. The summed E-state index contributed by atoms with van der Waals surface area (Å²) in [6.07, 6.45) is 2.29. The summed E-state index contributed by atoms with van der Waals surface area (Å²) in [5.41, 5.74) is -1.30. The summed E-state index contributed by atoms with van der Waals surface area (Å²) in [5.74, 6) is -0.162. The summed E-state index contributed by atoms with van der Waals surface area (Å²) in [5, 5.41) is 2.42. The third kappa shape index (κ3) is 4.29. The molecule has 0 atom stereocenters. The molecular weight excluding hydrogens is 351 g/mol. The van der Waals surface area contributed by atoms with Crippen LogP contribution in [0.5, 0.6) is 11.5 Å². The predicted octanol–water partition coefficient (Wildman–Crippen LogP) is 3.33. The number of carbonyl (C=O) groups excluding carboxylic acids is 1. The van der Waals surface area contributed by atoms with E-state index < -0.39 is 17.8 Å². The molecule has 0 aliphatic carbocycles. The normalized spacial score (nSPS) is 11.0. The Balaban J connectivity index is 1.75. The third-order valence-electron chi connectivity index (χ3n) is 3.02. The van der Waals surface area contributed by atoms with Crippen molar-refractivity contribution in [2.45, 2.75) is 6.18 Å². The highest BCUT2D eigenvalue weighted by Gasteiger charge is 2.32. The highest BCUT2D eigenvalue weighted by Crippen LogP contribution is 2.27. The monoisotopic (exact) mass is 361 g/mol. The molecule has 0 unspecified atom stereocenters. The lowest BCUT2D eigenvalue weighted by atomic mass is 10.2. The third-order valence-corrected chi connectivity index (χ3v) is 3.02. The molecule has 1 N–H and O–H groups in total. The second-order valence-corrected chi connectivity index (χ2v) is 4.95. The molecule has 0 spiro atoms. The Morgan fingerprint density at radius 2 is 1.73 bits per heavy atom. The van der Waals surface area contributed by atoms with Crippen LogP contribution in [-0.4, -0.2) is 25.8 Å². The summed E-state index contributed by atoms with van der Waals surface area (Å²) >= 11 is 0. The van der Waals surface area contributed by atoms with Gasteiger partial charge in [-0.15, -0.1) is 0 Å². The maximum Gasteiger partial charge on any atom is 0.433 e. The van der Waals surface area contributed by atoms with E-state index in [2.05, 4.69) is 25.3 Å². The van der Waals surface area contributed by atoms with Crippen LogP contribution in [0.4, 0.5) is 18.9 Å². The maximum atomic E-state index is 12.7.